The number of amides is 1. The minimum Gasteiger partial charge on any atom is -0.343 e. The predicted octanol–water partition coefficient (Wildman–Crippen LogP) is 3.10. The first-order valence-corrected chi connectivity index (χ1v) is 8.70. The Kier molecular flexibility index (Phi) is 5.14. The fraction of sp³-hybridized carbons (Fsp3) is 0.400. The Morgan fingerprint density at radius 1 is 1.20 bits per heavy atom. The first-order chi connectivity index (χ1) is 11.8. The van der Waals surface area contributed by atoms with Crippen LogP contribution in [-0.2, 0) is 17.4 Å². The second-order valence-corrected chi connectivity index (χ2v) is 6.95. The molecule has 1 fully saturated rings. The third-order valence-electron chi connectivity index (χ3n) is 3.80. The number of carbonyl (C=O) groups excluding carboxylic acids is 1. The molecule has 1 amide bonds. The van der Waals surface area contributed by atoms with Crippen LogP contribution in [-0.4, -0.2) is 47.2 Å². The summed E-state index contributed by atoms with van der Waals surface area (Å²) in [5.41, 5.74) is 0.832. The molecule has 1 saturated heterocycles. The van der Waals surface area contributed by atoms with Crippen molar-refractivity contribution in [2.24, 2.45) is 0 Å². The number of rotatable bonds is 3. The Balaban J connectivity index is 1.56. The average molecular weight is 391 g/mol. The molecule has 0 unspecified atom stereocenters. The van der Waals surface area contributed by atoms with Crippen molar-refractivity contribution in [3.63, 3.8) is 0 Å². The lowest BCUT2D eigenvalue weighted by molar-refractivity contribution is -0.138. The fourth-order valence-electron chi connectivity index (χ4n) is 2.54. The Morgan fingerprint density at radius 3 is 2.52 bits per heavy atom. The van der Waals surface area contributed by atoms with Crippen LogP contribution in [0.15, 0.2) is 24.3 Å². The lowest BCUT2D eigenvalue weighted by Crippen LogP contribution is -2.49. The van der Waals surface area contributed by atoms with E-state index in [-0.39, 0.29) is 17.5 Å². The summed E-state index contributed by atoms with van der Waals surface area (Å²) in [6, 6.07) is 7.11. The number of hydrogen-bond acceptors (Lipinski definition) is 5. The largest absolute Gasteiger partial charge is 0.445 e. The van der Waals surface area contributed by atoms with Gasteiger partial charge in [-0.05, 0) is 17.7 Å². The van der Waals surface area contributed by atoms with E-state index in [2.05, 4.69) is 10.2 Å². The van der Waals surface area contributed by atoms with Crippen molar-refractivity contribution >= 4 is 34.0 Å². The Labute approximate surface area is 151 Å². The van der Waals surface area contributed by atoms with Crippen molar-refractivity contribution in [3.05, 3.63) is 39.9 Å². The molecule has 134 valence electrons. The van der Waals surface area contributed by atoms with Crippen LogP contribution in [0.5, 0.6) is 0 Å². The van der Waals surface area contributed by atoms with Gasteiger partial charge >= 0.3 is 6.18 Å². The number of nitrogens with zero attached hydrogens (tertiary/aromatic N) is 4. The Hall–Kier alpha value is -1.87. The van der Waals surface area contributed by atoms with E-state index < -0.39 is 11.2 Å². The third kappa shape index (κ3) is 4.40. The van der Waals surface area contributed by atoms with Gasteiger partial charge in [0.2, 0.25) is 16.0 Å². The Bertz CT molecular complexity index is 759. The molecule has 0 spiro atoms. The zero-order chi connectivity index (χ0) is 18.0. The quantitative estimate of drug-likeness (QED) is 0.808. The Morgan fingerprint density at radius 2 is 1.92 bits per heavy atom. The monoisotopic (exact) mass is 390 g/mol. The van der Waals surface area contributed by atoms with Gasteiger partial charge < -0.3 is 9.80 Å². The van der Waals surface area contributed by atoms with Crippen LogP contribution in [0.3, 0.4) is 0 Å². The van der Waals surface area contributed by atoms with E-state index >= 15 is 0 Å². The van der Waals surface area contributed by atoms with Crippen molar-refractivity contribution < 1.29 is 18.0 Å². The number of aromatic nitrogens is 2. The summed E-state index contributed by atoms with van der Waals surface area (Å²) in [7, 11) is 0. The molecule has 25 heavy (non-hydrogen) atoms. The van der Waals surface area contributed by atoms with Crippen LogP contribution in [0.4, 0.5) is 18.3 Å². The second-order valence-electron chi connectivity index (χ2n) is 5.56. The van der Waals surface area contributed by atoms with Crippen molar-refractivity contribution in [3.8, 4) is 0 Å². The summed E-state index contributed by atoms with van der Waals surface area (Å²) in [4.78, 5) is 15.8. The molecule has 1 aromatic heterocycles. The van der Waals surface area contributed by atoms with E-state index in [4.69, 9.17) is 11.6 Å². The summed E-state index contributed by atoms with van der Waals surface area (Å²) >= 11 is 6.43. The maximum atomic E-state index is 12.6. The van der Waals surface area contributed by atoms with Crippen molar-refractivity contribution in [2.45, 2.75) is 12.6 Å². The molecule has 0 aliphatic carbocycles. The van der Waals surface area contributed by atoms with E-state index in [9.17, 15) is 18.0 Å². The third-order valence-corrected chi connectivity index (χ3v) is 5.07. The highest BCUT2D eigenvalue weighted by atomic mass is 35.5. The lowest BCUT2D eigenvalue weighted by Gasteiger charge is -2.34. The standard InChI is InChI=1S/C15H14ClF3N4OS/c16-11-3-1-2-10(8-11)9-12(24)22-4-6-23(7-5-22)14-21-20-13(25-14)15(17,18)19/h1-3,8H,4-7,9H2. The molecule has 0 N–H and O–H groups in total. The summed E-state index contributed by atoms with van der Waals surface area (Å²) in [5, 5.41) is 6.65. The van der Waals surface area contributed by atoms with Gasteiger partial charge in [-0.15, -0.1) is 10.2 Å². The van der Waals surface area contributed by atoms with Crippen LogP contribution < -0.4 is 4.90 Å². The van der Waals surface area contributed by atoms with Gasteiger partial charge in [-0.25, -0.2) is 0 Å². The number of halogens is 4. The summed E-state index contributed by atoms with van der Waals surface area (Å²) in [6.07, 6.45) is -4.23. The van der Waals surface area contributed by atoms with Gasteiger partial charge in [-0.2, -0.15) is 13.2 Å². The van der Waals surface area contributed by atoms with Gasteiger partial charge in [0.25, 0.3) is 0 Å². The zero-order valence-corrected chi connectivity index (χ0v) is 14.5. The van der Waals surface area contributed by atoms with Crippen molar-refractivity contribution in [2.75, 3.05) is 31.1 Å². The molecule has 1 aromatic carbocycles. The van der Waals surface area contributed by atoms with Crippen LogP contribution >= 0.6 is 22.9 Å². The molecule has 0 atom stereocenters. The van der Waals surface area contributed by atoms with Crippen molar-refractivity contribution in [1.29, 1.82) is 0 Å². The van der Waals surface area contributed by atoms with E-state index in [1.807, 2.05) is 6.07 Å². The summed E-state index contributed by atoms with van der Waals surface area (Å²) in [5.74, 6) is -0.0323. The number of benzene rings is 1. The van der Waals surface area contributed by atoms with Crippen LogP contribution in [0.2, 0.25) is 5.02 Å². The smallest absolute Gasteiger partial charge is 0.343 e. The van der Waals surface area contributed by atoms with E-state index in [0.29, 0.717) is 42.5 Å². The highest BCUT2D eigenvalue weighted by molar-refractivity contribution is 7.15. The molecule has 5 nitrogen and oxygen atoms in total. The minimum atomic E-state index is -4.48. The SMILES string of the molecule is O=C(Cc1cccc(Cl)c1)N1CCN(c2nnc(C(F)(F)F)s2)CC1. The normalized spacial score (nSPS) is 15.5. The van der Waals surface area contributed by atoms with Crippen molar-refractivity contribution in [1.82, 2.24) is 15.1 Å². The molecule has 0 bridgehead atoms. The number of alkyl halides is 3. The van der Waals surface area contributed by atoms with Gasteiger partial charge in [-0.3, -0.25) is 4.79 Å². The molecule has 0 saturated carbocycles. The number of anilines is 1. The van der Waals surface area contributed by atoms with Gasteiger partial charge in [-0.1, -0.05) is 35.1 Å². The first kappa shape index (κ1) is 17.9. The van der Waals surface area contributed by atoms with Crippen LogP contribution in [0.1, 0.15) is 10.6 Å². The highest BCUT2D eigenvalue weighted by Gasteiger charge is 2.36. The second kappa shape index (κ2) is 7.17. The molecule has 10 heteroatoms. The number of hydrogen-bond donors (Lipinski definition) is 0. The van der Waals surface area contributed by atoms with Gasteiger partial charge in [0, 0.05) is 31.2 Å². The minimum absolute atomic E-state index is 0.0323. The molecule has 3 rings (SSSR count). The molecule has 0 radical (unpaired) electrons. The highest BCUT2D eigenvalue weighted by Crippen LogP contribution is 2.34. The van der Waals surface area contributed by atoms with Gasteiger partial charge in [0.15, 0.2) is 0 Å². The number of piperazine rings is 1. The predicted molar refractivity (Wildman–Crippen MR) is 88.9 cm³/mol. The molecular formula is C15H14ClF3N4OS. The van der Waals surface area contributed by atoms with Crippen LogP contribution in [0.25, 0.3) is 0 Å². The van der Waals surface area contributed by atoms with Gasteiger partial charge in [0.05, 0.1) is 6.42 Å². The maximum Gasteiger partial charge on any atom is 0.445 e. The van der Waals surface area contributed by atoms with Gasteiger partial charge in [0.1, 0.15) is 0 Å². The molecule has 1 aliphatic rings. The zero-order valence-electron chi connectivity index (χ0n) is 13.0. The lowest BCUT2D eigenvalue weighted by atomic mass is 10.1. The first-order valence-electron chi connectivity index (χ1n) is 7.51. The van der Waals surface area contributed by atoms with E-state index in [1.165, 1.54) is 0 Å². The maximum absolute atomic E-state index is 12.6. The topological polar surface area (TPSA) is 49.3 Å². The molecule has 2 heterocycles. The summed E-state index contributed by atoms with van der Waals surface area (Å²) in [6.45, 7) is 1.71. The molecular weight excluding hydrogens is 377 g/mol. The fourth-order valence-corrected chi connectivity index (χ4v) is 3.51. The summed E-state index contributed by atoms with van der Waals surface area (Å²) < 4.78 is 37.8. The molecule has 1 aliphatic heterocycles. The molecule has 2 aromatic rings. The van der Waals surface area contributed by atoms with Crippen LogP contribution in [0, 0.1) is 0 Å². The van der Waals surface area contributed by atoms with E-state index in [0.717, 1.165) is 5.56 Å². The average Bonchev–Trinajstić information content (AvgIpc) is 3.05. The number of carbonyl (C=O) groups is 1. The van der Waals surface area contributed by atoms with E-state index in [1.54, 1.807) is 28.0 Å².